The summed E-state index contributed by atoms with van der Waals surface area (Å²) in [4.78, 5) is 20.2. The van der Waals surface area contributed by atoms with E-state index in [1.807, 2.05) is 0 Å². The summed E-state index contributed by atoms with van der Waals surface area (Å²) < 4.78 is 12.0. The van der Waals surface area contributed by atoms with Crippen LogP contribution in [0.3, 0.4) is 0 Å². The number of nitro groups is 2. The Labute approximate surface area is 134 Å². The van der Waals surface area contributed by atoms with E-state index in [0.717, 1.165) is 0 Å². The second kappa shape index (κ2) is 6.16. The third-order valence-corrected chi connectivity index (χ3v) is 3.09. The minimum absolute atomic E-state index is 0.215. The quantitative estimate of drug-likeness (QED) is 0.404. The molecule has 0 fully saturated rings. The Balaban J connectivity index is 2.09. The molecule has 3 aromatic rings. The van der Waals surface area contributed by atoms with Crippen LogP contribution in [0.2, 0.25) is 0 Å². The average Bonchev–Trinajstić information content (AvgIpc) is 3.23. The molecule has 0 aliphatic heterocycles. The zero-order chi connectivity index (χ0) is 17.1. The van der Waals surface area contributed by atoms with E-state index in [1.165, 1.54) is 30.3 Å². The molecule has 0 atom stereocenters. The molecule has 0 amide bonds. The second-order valence-corrected chi connectivity index (χ2v) is 4.64. The fourth-order valence-electron chi connectivity index (χ4n) is 2.05. The first-order valence-electron chi connectivity index (χ1n) is 6.72. The van der Waals surface area contributed by atoms with Gasteiger partial charge in [0.1, 0.15) is 15.6 Å². The van der Waals surface area contributed by atoms with Crippen LogP contribution in [-0.4, -0.2) is 9.85 Å². The van der Waals surface area contributed by atoms with Gasteiger partial charge in [0.15, 0.2) is 12.4 Å². The summed E-state index contributed by atoms with van der Waals surface area (Å²) in [6.45, 7) is 0. The normalized spacial score (nSPS) is 11.4. The standard InChI is InChI=1S/C15H10N3O6/c19-17(20)14-6-4-11(23-14)10-12(16-8-2-1-3-9-16)13-5-7-15(24-13)18(21)22/h1-10H/q+1/b12-10+. The Morgan fingerprint density at radius 1 is 0.917 bits per heavy atom. The zero-order valence-electron chi connectivity index (χ0n) is 12.1. The first-order chi connectivity index (χ1) is 11.5. The van der Waals surface area contributed by atoms with Crippen molar-refractivity contribution < 1.29 is 23.2 Å². The molecule has 0 spiro atoms. The molecule has 3 rings (SSSR count). The lowest BCUT2D eigenvalue weighted by Crippen LogP contribution is -2.31. The molecule has 9 nitrogen and oxygen atoms in total. The van der Waals surface area contributed by atoms with E-state index >= 15 is 0 Å². The molecule has 0 saturated heterocycles. The lowest BCUT2D eigenvalue weighted by molar-refractivity contribution is -0.579. The number of nitrogens with zero attached hydrogens (tertiary/aromatic N) is 3. The van der Waals surface area contributed by atoms with Gasteiger partial charge in [-0.2, -0.15) is 4.57 Å². The maximum atomic E-state index is 10.8. The van der Waals surface area contributed by atoms with Gasteiger partial charge in [0, 0.05) is 12.1 Å². The van der Waals surface area contributed by atoms with Crippen LogP contribution in [0.4, 0.5) is 11.8 Å². The Hall–Kier alpha value is -3.75. The number of hydrogen-bond acceptors (Lipinski definition) is 6. The minimum Gasteiger partial charge on any atom is -0.401 e. The van der Waals surface area contributed by atoms with Crippen LogP contribution in [0, 0.1) is 20.2 Å². The van der Waals surface area contributed by atoms with E-state index < -0.39 is 21.6 Å². The van der Waals surface area contributed by atoms with Crippen LogP contribution in [-0.2, 0) is 0 Å². The lowest BCUT2D eigenvalue weighted by Gasteiger charge is -1.97. The van der Waals surface area contributed by atoms with Gasteiger partial charge in [-0.05, 0) is 12.1 Å². The fourth-order valence-corrected chi connectivity index (χ4v) is 2.05. The Morgan fingerprint density at radius 3 is 2.12 bits per heavy atom. The molecule has 0 N–H and O–H groups in total. The molecule has 0 unspecified atom stereocenters. The molecular weight excluding hydrogens is 318 g/mol. The number of hydrogen-bond donors (Lipinski definition) is 0. The molecular formula is C15H10N3O6+. The van der Waals surface area contributed by atoms with Crippen LogP contribution in [0.5, 0.6) is 0 Å². The number of pyridine rings is 1. The Bertz CT molecular complexity index is 926. The summed E-state index contributed by atoms with van der Waals surface area (Å²) in [5, 5.41) is 21.5. The van der Waals surface area contributed by atoms with E-state index in [2.05, 4.69) is 0 Å². The highest BCUT2D eigenvalue weighted by Crippen LogP contribution is 2.24. The van der Waals surface area contributed by atoms with Crippen molar-refractivity contribution in [2.75, 3.05) is 0 Å². The van der Waals surface area contributed by atoms with Crippen LogP contribution in [0.15, 0.2) is 63.7 Å². The van der Waals surface area contributed by atoms with Gasteiger partial charge >= 0.3 is 11.8 Å². The van der Waals surface area contributed by atoms with E-state index in [9.17, 15) is 20.2 Å². The topological polar surface area (TPSA) is 116 Å². The zero-order valence-corrected chi connectivity index (χ0v) is 12.1. The summed E-state index contributed by atoms with van der Waals surface area (Å²) in [7, 11) is 0. The summed E-state index contributed by atoms with van der Waals surface area (Å²) >= 11 is 0. The third-order valence-electron chi connectivity index (χ3n) is 3.09. The van der Waals surface area contributed by atoms with Gasteiger partial charge < -0.3 is 8.83 Å². The largest absolute Gasteiger partial charge is 0.433 e. The molecule has 0 aliphatic carbocycles. The average molecular weight is 328 g/mol. The van der Waals surface area contributed by atoms with Crippen molar-refractivity contribution in [1.29, 1.82) is 0 Å². The highest BCUT2D eigenvalue weighted by molar-refractivity contribution is 5.72. The van der Waals surface area contributed by atoms with Crippen molar-refractivity contribution in [1.82, 2.24) is 0 Å². The molecule has 3 heterocycles. The predicted octanol–water partition coefficient (Wildman–Crippen LogP) is 3.02. The van der Waals surface area contributed by atoms with Crippen molar-refractivity contribution in [3.63, 3.8) is 0 Å². The summed E-state index contributed by atoms with van der Waals surface area (Å²) in [6.07, 6.45) is 4.91. The van der Waals surface area contributed by atoms with Crippen molar-refractivity contribution >= 4 is 23.5 Å². The first-order valence-corrected chi connectivity index (χ1v) is 6.72. The minimum atomic E-state index is -0.648. The number of aromatic nitrogens is 1. The summed E-state index contributed by atoms with van der Waals surface area (Å²) in [5.74, 6) is -0.369. The van der Waals surface area contributed by atoms with E-state index in [4.69, 9.17) is 8.83 Å². The Morgan fingerprint density at radius 2 is 1.54 bits per heavy atom. The molecule has 0 radical (unpaired) electrons. The maximum absolute atomic E-state index is 10.8. The van der Waals surface area contributed by atoms with Gasteiger partial charge in [0.05, 0.1) is 18.2 Å². The van der Waals surface area contributed by atoms with Gasteiger partial charge in [-0.3, -0.25) is 20.2 Å². The maximum Gasteiger partial charge on any atom is 0.433 e. The van der Waals surface area contributed by atoms with E-state index in [-0.39, 0.29) is 11.5 Å². The van der Waals surface area contributed by atoms with Crippen molar-refractivity contribution in [2.45, 2.75) is 0 Å². The van der Waals surface area contributed by atoms with Gasteiger partial charge in [-0.15, -0.1) is 0 Å². The van der Waals surface area contributed by atoms with Crippen LogP contribution in [0.1, 0.15) is 11.5 Å². The molecule has 0 aliphatic rings. The third kappa shape index (κ3) is 3.04. The molecule has 0 aromatic carbocycles. The van der Waals surface area contributed by atoms with E-state index in [0.29, 0.717) is 5.70 Å². The molecule has 24 heavy (non-hydrogen) atoms. The predicted molar refractivity (Wildman–Crippen MR) is 80.6 cm³/mol. The van der Waals surface area contributed by atoms with Gasteiger partial charge in [0.25, 0.3) is 5.70 Å². The van der Waals surface area contributed by atoms with Crippen LogP contribution >= 0.6 is 0 Å². The summed E-state index contributed by atoms with van der Waals surface area (Å²) in [6, 6.07) is 10.7. The number of furan rings is 2. The molecule has 120 valence electrons. The number of rotatable bonds is 5. The van der Waals surface area contributed by atoms with Gasteiger partial charge in [-0.25, -0.2) is 0 Å². The van der Waals surface area contributed by atoms with Crippen molar-refractivity contribution in [3.05, 3.63) is 86.6 Å². The molecule has 9 heteroatoms. The first kappa shape index (κ1) is 15.2. The molecule has 0 bridgehead atoms. The van der Waals surface area contributed by atoms with Crippen molar-refractivity contribution in [3.8, 4) is 0 Å². The van der Waals surface area contributed by atoms with Crippen LogP contribution in [0.25, 0.3) is 11.8 Å². The van der Waals surface area contributed by atoms with Gasteiger partial charge in [0.2, 0.25) is 5.76 Å². The Kier molecular flexibility index (Phi) is 3.89. The second-order valence-electron chi connectivity index (χ2n) is 4.64. The highest BCUT2D eigenvalue weighted by Gasteiger charge is 2.22. The van der Waals surface area contributed by atoms with Crippen LogP contribution < -0.4 is 4.57 Å². The van der Waals surface area contributed by atoms with E-state index in [1.54, 1.807) is 35.2 Å². The highest BCUT2D eigenvalue weighted by atomic mass is 16.7. The van der Waals surface area contributed by atoms with Crippen molar-refractivity contribution in [2.24, 2.45) is 0 Å². The lowest BCUT2D eigenvalue weighted by atomic mass is 10.2. The SMILES string of the molecule is O=[N+]([O-])c1ccc(/C=C(\c2ccc([N+](=O)[O-])o2)[n+]2ccccc2)o1. The fraction of sp³-hybridized carbons (Fsp3) is 0. The molecule has 0 saturated carbocycles. The smallest absolute Gasteiger partial charge is 0.401 e. The van der Waals surface area contributed by atoms with Gasteiger partial charge in [-0.1, -0.05) is 6.07 Å². The monoisotopic (exact) mass is 328 g/mol. The summed E-state index contributed by atoms with van der Waals surface area (Å²) in [5.41, 5.74) is 0.424. The molecule has 3 aromatic heterocycles.